The number of nitrogens with zero attached hydrogens (tertiary/aromatic N) is 1. The SMILES string of the molecule is CCC(NC(=O)c1cc([N+](=O)[O-])ccc1Cl)c1ccc(OC)c(OC)c1. The summed E-state index contributed by atoms with van der Waals surface area (Å²) in [5, 5.41) is 13.9. The zero-order valence-corrected chi connectivity index (χ0v) is 15.4. The van der Waals surface area contributed by atoms with Crippen molar-refractivity contribution < 1.29 is 19.2 Å². The van der Waals surface area contributed by atoms with Gasteiger partial charge in [-0.1, -0.05) is 24.6 Å². The van der Waals surface area contributed by atoms with Crippen molar-refractivity contribution in [1.82, 2.24) is 5.32 Å². The Hall–Kier alpha value is -2.80. The molecule has 1 amide bonds. The van der Waals surface area contributed by atoms with Crippen molar-refractivity contribution in [1.29, 1.82) is 0 Å². The standard InChI is InChI=1S/C18H19ClN2O5/c1-4-15(11-5-8-16(25-2)17(9-11)26-3)20-18(22)13-10-12(21(23)24)6-7-14(13)19/h5-10,15H,4H2,1-3H3,(H,20,22). The Morgan fingerprint density at radius 3 is 2.46 bits per heavy atom. The molecule has 0 aliphatic carbocycles. The third-order valence-electron chi connectivity index (χ3n) is 3.93. The van der Waals surface area contributed by atoms with Crippen molar-refractivity contribution in [2.24, 2.45) is 0 Å². The highest BCUT2D eigenvalue weighted by Crippen LogP contribution is 2.31. The smallest absolute Gasteiger partial charge is 0.270 e. The number of methoxy groups -OCH3 is 2. The summed E-state index contributed by atoms with van der Waals surface area (Å²) in [5.74, 6) is 0.644. The number of nitro groups is 1. The van der Waals surface area contributed by atoms with E-state index < -0.39 is 10.8 Å². The fourth-order valence-corrected chi connectivity index (χ4v) is 2.73. The number of hydrogen-bond acceptors (Lipinski definition) is 5. The Morgan fingerprint density at radius 1 is 1.19 bits per heavy atom. The number of benzene rings is 2. The molecule has 138 valence electrons. The van der Waals surface area contributed by atoms with Crippen molar-refractivity contribution >= 4 is 23.2 Å². The van der Waals surface area contributed by atoms with E-state index in [-0.39, 0.29) is 22.3 Å². The van der Waals surface area contributed by atoms with Crippen LogP contribution in [0.25, 0.3) is 0 Å². The van der Waals surface area contributed by atoms with Crippen LogP contribution in [0.3, 0.4) is 0 Å². The van der Waals surface area contributed by atoms with Gasteiger partial charge < -0.3 is 14.8 Å². The van der Waals surface area contributed by atoms with Crippen molar-refractivity contribution in [2.45, 2.75) is 19.4 Å². The van der Waals surface area contributed by atoms with Gasteiger partial charge in [0.1, 0.15) is 0 Å². The third-order valence-corrected chi connectivity index (χ3v) is 4.26. The van der Waals surface area contributed by atoms with Gasteiger partial charge in [0.15, 0.2) is 11.5 Å². The summed E-state index contributed by atoms with van der Waals surface area (Å²) in [6.07, 6.45) is 0.605. The van der Waals surface area contributed by atoms with Gasteiger partial charge in [-0.05, 0) is 30.2 Å². The summed E-state index contributed by atoms with van der Waals surface area (Å²) < 4.78 is 10.5. The molecule has 0 aromatic heterocycles. The molecular weight excluding hydrogens is 360 g/mol. The number of nitrogens with one attached hydrogen (secondary N) is 1. The highest BCUT2D eigenvalue weighted by Gasteiger charge is 2.20. The molecule has 26 heavy (non-hydrogen) atoms. The molecule has 8 heteroatoms. The fourth-order valence-electron chi connectivity index (χ4n) is 2.53. The molecule has 0 saturated carbocycles. The second-order valence-electron chi connectivity index (χ2n) is 5.47. The molecule has 0 aliphatic heterocycles. The van der Waals surface area contributed by atoms with Crippen LogP contribution in [0, 0.1) is 10.1 Å². The maximum Gasteiger partial charge on any atom is 0.270 e. The number of amides is 1. The topological polar surface area (TPSA) is 90.7 Å². The maximum atomic E-state index is 12.6. The predicted octanol–water partition coefficient (Wildman–Crippen LogP) is 4.15. The normalized spacial score (nSPS) is 11.5. The number of nitro benzene ring substituents is 1. The first kappa shape index (κ1) is 19.5. The molecule has 2 aromatic carbocycles. The minimum atomic E-state index is -0.571. The number of halogens is 1. The Kier molecular flexibility index (Phi) is 6.41. The molecule has 1 atom stereocenters. The summed E-state index contributed by atoms with van der Waals surface area (Å²) in [6.45, 7) is 1.91. The van der Waals surface area contributed by atoms with E-state index in [1.807, 2.05) is 13.0 Å². The van der Waals surface area contributed by atoms with Gasteiger partial charge in [0, 0.05) is 12.1 Å². The van der Waals surface area contributed by atoms with E-state index in [0.29, 0.717) is 17.9 Å². The van der Waals surface area contributed by atoms with Crippen LogP contribution in [0.4, 0.5) is 5.69 Å². The summed E-state index contributed by atoms with van der Waals surface area (Å²) in [5.41, 5.74) is 0.679. The minimum Gasteiger partial charge on any atom is -0.493 e. The summed E-state index contributed by atoms with van der Waals surface area (Å²) in [4.78, 5) is 22.9. The van der Waals surface area contributed by atoms with Gasteiger partial charge in [0.2, 0.25) is 0 Å². The lowest BCUT2D eigenvalue weighted by atomic mass is 10.0. The average molecular weight is 379 g/mol. The number of carbonyl (C=O) groups is 1. The highest BCUT2D eigenvalue weighted by atomic mass is 35.5. The Morgan fingerprint density at radius 2 is 1.88 bits per heavy atom. The van der Waals surface area contributed by atoms with Crippen LogP contribution < -0.4 is 14.8 Å². The van der Waals surface area contributed by atoms with Crippen LogP contribution in [0.2, 0.25) is 5.02 Å². The van der Waals surface area contributed by atoms with Crippen LogP contribution in [-0.4, -0.2) is 25.1 Å². The Labute approximate surface area is 156 Å². The molecule has 1 unspecified atom stereocenters. The van der Waals surface area contributed by atoms with E-state index in [9.17, 15) is 14.9 Å². The molecule has 0 heterocycles. The zero-order valence-electron chi connectivity index (χ0n) is 14.6. The number of carbonyl (C=O) groups excluding carboxylic acids is 1. The van der Waals surface area contributed by atoms with Crippen LogP contribution in [0.1, 0.15) is 35.3 Å². The molecule has 2 rings (SSSR count). The first-order valence-electron chi connectivity index (χ1n) is 7.88. The summed E-state index contributed by atoms with van der Waals surface area (Å²) in [7, 11) is 3.07. The number of ether oxygens (including phenoxy) is 2. The zero-order chi connectivity index (χ0) is 19.3. The van der Waals surface area contributed by atoms with Crippen molar-refractivity contribution in [3.05, 3.63) is 62.7 Å². The second kappa shape index (κ2) is 8.53. The van der Waals surface area contributed by atoms with Gasteiger partial charge in [0.05, 0.1) is 35.8 Å². The monoisotopic (exact) mass is 378 g/mol. The summed E-state index contributed by atoms with van der Waals surface area (Å²) in [6, 6.07) is 8.80. The predicted molar refractivity (Wildman–Crippen MR) is 98.2 cm³/mol. The molecule has 0 saturated heterocycles. The quantitative estimate of drug-likeness (QED) is 0.577. The van der Waals surface area contributed by atoms with Crippen LogP contribution in [0.5, 0.6) is 11.5 Å². The van der Waals surface area contributed by atoms with Crippen molar-refractivity contribution in [3.8, 4) is 11.5 Å². The molecule has 0 fully saturated rings. The lowest BCUT2D eigenvalue weighted by molar-refractivity contribution is -0.384. The maximum absolute atomic E-state index is 12.6. The Balaban J connectivity index is 2.29. The first-order chi connectivity index (χ1) is 12.4. The van der Waals surface area contributed by atoms with Gasteiger partial charge >= 0.3 is 0 Å². The first-order valence-corrected chi connectivity index (χ1v) is 8.25. The minimum absolute atomic E-state index is 0.0554. The number of hydrogen-bond donors (Lipinski definition) is 1. The number of rotatable bonds is 7. The van der Waals surface area contributed by atoms with Crippen LogP contribution in [0.15, 0.2) is 36.4 Å². The van der Waals surface area contributed by atoms with E-state index in [1.54, 1.807) is 19.2 Å². The van der Waals surface area contributed by atoms with E-state index in [2.05, 4.69) is 5.32 Å². The molecule has 7 nitrogen and oxygen atoms in total. The van der Waals surface area contributed by atoms with Crippen LogP contribution >= 0.6 is 11.6 Å². The second-order valence-corrected chi connectivity index (χ2v) is 5.88. The van der Waals surface area contributed by atoms with Crippen LogP contribution in [-0.2, 0) is 0 Å². The molecule has 0 spiro atoms. The largest absolute Gasteiger partial charge is 0.493 e. The lowest BCUT2D eigenvalue weighted by Crippen LogP contribution is -2.28. The molecule has 1 N–H and O–H groups in total. The van der Waals surface area contributed by atoms with E-state index in [4.69, 9.17) is 21.1 Å². The fraction of sp³-hybridized carbons (Fsp3) is 0.278. The van der Waals surface area contributed by atoms with Gasteiger partial charge in [-0.2, -0.15) is 0 Å². The third kappa shape index (κ3) is 4.23. The molecular formula is C18H19ClN2O5. The lowest BCUT2D eigenvalue weighted by Gasteiger charge is -2.19. The van der Waals surface area contributed by atoms with Gasteiger partial charge in [-0.3, -0.25) is 14.9 Å². The van der Waals surface area contributed by atoms with Gasteiger partial charge in [0.25, 0.3) is 11.6 Å². The average Bonchev–Trinajstić information content (AvgIpc) is 2.65. The molecule has 0 bridgehead atoms. The number of non-ortho nitro benzene ring substituents is 1. The molecule has 0 aliphatic rings. The Bertz CT molecular complexity index is 825. The van der Waals surface area contributed by atoms with E-state index in [0.717, 1.165) is 5.56 Å². The summed E-state index contributed by atoms with van der Waals surface area (Å²) >= 11 is 6.04. The highest BCUT2D eigenvalue weighted by molar-refractivity contribution is 6.34. The van der Waals surface area contributed by atoms with Gasteiger partial charge in [-0.15, -0.1) is 0 Å². The van der Waals surface area contributed by atoms with Crippen molar-refractivity contribution in [2.75, 3.05) is 14.2 Å². The molecule has 0 radical (unpaired) electrons. The van der Waals surface area contributed by atoms with E-state index >= 15 is 0 Å². The molecule has 2 aromatic rings. The van der Waals surface area contributed by atoms with Gasteiger partial charge in [-0.25, -0.2) is 0 Å². The van der Waals surface area contributed by atoms with Crippen molar-refractivity contribution in [3.63, 3.8) is 0 Å². The van der Waals surface area contributed by atoms with E-state index in [1.165, 1.54) is 25.3 Å².